The molecule has 1 unspecified atom stereocenters. The highest BCUT2D eigenvalue weighted by atomic mass is 32.2. The third kappa shape index (κ3) is 3.37. The van der Waals surface area contributed by atoms with Crippen molar-refractivity contribution in [2.75, 3.05) is 18.0 Å². The topological polar surface area (TPSA) is 80.9 Å². The lowest BCUT2D eigenvalue weighted by Crippen LogP contribution is -2.27. The number of aryl methyl sites for hydroxylation is 1. The van der Waals surface area contributed by atoms with Crippen LogP contribution in [0.15, 0.2) is 5.16 Å². The smallest absolute Gasteiger partial charge is 0.230 e. The quantitative estimate of drug-likeness (QED) is 0.631. The molecule has 24 heavy (non-hydrogen) atoms. The maximum atomic E-state index is 11.9. The number of nitrogen functional groups attached to an aromatic ring is 1. The number of anilines is 1. The molecule has 1 saturated carbocycles. The minimum Gasteiger partial charge on any atom is -0.383 e. The second kappa shape index (κ2) is 6.52. The van der Waals surface area contributed by atoms with Crippen molar-refractivity contribution in [1.29, 1.82) is 0 Å². The van der Waals surface area contributed by atoms with E-state index < -0.39 is 0 Å². The number of thioether (sulfide) groups is 1. The average molecular weight is 363 g/mol. The first-order valence-corrected chi connectivity index (χ1v) is 10.4. The summed E-state index contributed by atoms with van der Waals surface area (Å²) in [5.41, 5.74) is 7.57. The summed E-state index contributed by atoms with van der Waals surface area (Å²) in [5, 5.41) is 4.62. The van der Waals surface area contributed by atoms with E-state index in [0.29, 0.717) is 22.6 Å². The number of thiophene rings is 1. The molecular weight excluding hydrogens is 340 g/mol. The van der Waals surface area contributed by atoms with Gasteiger partial charge in [0.05, 0.1) is 11.1 Å². The minimum absolute atomic E-state index is 0.0495. The Morgan fingerprint density at radius 1 is 1.38 bits per heavy atom. The zero-order chi connectivity index (χ0) is 16.7. The lowest BCUT2D eigenvalue weighted by Gasteiger charge is -2.17. The van der Waals surface area contributed by atoms with E-state index in [1.54, 1.807) is 11.3 Å². The van der Waals surface area contributed by atoms with E-state index in [1.165, 1.54) is 41.5 Å². The summed E-state index contributed by atoms with van der Waals surface area (Å²) in [6.45, 7) is 3.10. The van der Waals surface area contributed by atoms with Gasteiger partial charge in [-0.2, -0.15) is 0 Å². The first-order valence-electron chi connectivity index (χ1n) is 8.57. The first kappa shape index (κ1) is 16.1. The van der Waals surface area contributed by atoms with Gasteiger partial charge in [0, 0.05) is 11.4 Å². The Morgan fingerprint density at radius 2 is 2.21 bits per heavy atom. The first-order chi connectivity index (χ1) is 11.6. The van der Waals surface area contributed by atoms with E-state index >= 15 is 0 Å². The molecule has 5 nitrogen and oxygen atoms in total. The van der Waals surface area contributed by atoms with E-state index in [-0.39, 0.29) is 5.91 Å². The Kier molecular flexibility index (Phi) is 4.39. The lowest BCUT2D eigenvalue weighted by atomic mass is 9.89. The van der Waals surface area contributed by atoms with Crippen LogP contribution in [-0.2, 0) is 17.6 Å². The third-order valence-corrected chi connectivity index (χ3v) is 6.78. The number of rotatable bonds is 5. The van der Waals surface area contributed by atoms with Crippen molar-refractivity contribution in [3.8, 4) is 0 Å². The molecule has 2 heterocycles. The fourth-order valence-electron chi connectivity index (χ4n) is 3.18. The van der Waals surface area contributed by atoms with Gasteiger partial charge in [-0.3, -0.25) is 4.79 Å². The Bertz CT molecular complexity index is 784. The van der Waals surface area contributed by atoms with Crippen LogP contribution in [0.4, 0.5) is 5.82 Å². The predicted molar refractivity (Wildman–Crippen MR) is 99.5 cm³/mol. The maximum absolute atomic E-state index is 11.9. The van der Waals surface area contributed by atoms with Gasteiger partial charge in [-0.25, -0.2) is 9.97 Å². The molecule has 0 saturated heterocycles. The number of nitrogens with two attached hydrogens (primary N) is 1. The molecule has 1 amide bonds. The van der Waals surface area contributed by atoms with Crippen LogP contribution in [0, 0.1) is 11.8 Å². The highest BCUT2D eigenvalue weighted by Crippen LogP contribution is 2.39. The van der Waals surface area contributed by atoms with Crippen LogP contribution in [0.2, 0.25) is 0 Å². The molecule has 2 aromatic heterocycles. The number of hydrogen-bond acceptors (Lipinski definition) is 6. The van der Waals surface area contributed by atoms with E-state index in [4.69, 9.17) is 5.73 Å². The van der Waals surface area contributed by atoms with Crippen molar-refractivity contribution in [2.24, 2.45) is 11.8 Å². The van der Waals surface area contributed by atoms with E-state index in [2.05, 4.69) is 22.2 Å². The molecule has 1 atom stereocenters. The third-order valence-electron chi connectivity index (χ3n) is 4.78. The summed E-state index contributed by atoms with van der Waals surface area (Å²) >= 11 is 3.11. The van der Waals surface area contributed by atoms with Gasteiger partial charge in [-0.05, 0) is 49.5 Å². The van der Waals surface area contributed by atoms with Gasteiger partial charge >= 0.3 is 0 Å². The molecule has 7 heteroatoms. The van der Waals surface area contributed by atoms with Crippen LogP contribution in [0.5, 0.6) is 0 Å². The second-order valence-corrected chi connectivity index (χ2v) is 8.99. The predicted octanol–water partition coefficient (Wildman–Crippen LogP) is 3.02. The zero-order valence-corrected chi connectivity index (χ0v) is 15.4. The average Bonchev–Trinajstić information content (AvgIpc) is 3.30. The molecule has 0 aromatic carbocycles. The molecular formula is C17H22N4OS2. The molecule has 0 radical (unpaired) electrons. The molecule has 2 aliphatic carbocycles. The van der Waals surface area contributed by atoms with E-state index in [0.717, 1.165) is 35.5 Å². The molecule has 0 spiro atoms. The van der Waals surface area contributed by atoms with Crippen LogP contribution < -0.4 is 11.1 Å². The van der Waals surface area contributed by atoms with Gasteiger partial charge in [0.15, 0.2) is 5.16 Å². The Balaban J connectivity index is 1.49. The largest absolute Gasteiger partial charge is 0.383 e. The fourth-order valence-corrected chi connectivity index (χ4v) is 5.31. The highest BCUT2D eigenvalue weighted by Gasteiger charge is 2.24. The maximum Gasteiger partial charge on any atom is 0.230 e. The summed E-state index contributed by atoms with van der Waals surface area (Å²) < 4.78 is 0. The molecule has 0 aliphatic heterocycles. The molecule has 2 aromatic rings. The van der Waals surface area contributed by atoms with Crippen molar-refractivity contribution in [1.82, 2.24) is 15.3 Å². The molecule has 1 fully saturated rings. The number of nitrogens with zero attached hydrogens (tertiary/aromatic N) is 2. The van der Waals surface area contributed by atoms with Gasteiger partial charge in [-0.1, -0.05) is 18.7 Å². The van der Waals surface area contributed by atoms with Crippen molar-refractivity contribution in [2.45, 2.75) is 44.2 Å². The van der Waals surface area contributed by atoms with Crippen LogP contribution in [-0.4, -0.2) is 28.2 Å². The van der Waals surface area contributed by atoms with Crippen molar-refractivity contribution >= 4 is 45.0 Å². The highest BCUT2D eigenvalue weighted by molar-refractivity contribution is 7.99. The monoisotopic (exact) mass is 362 g/mol. The normalized spacial score (nSPS) is 20.1. The Morgan fingerprint density at radius 3 is 3.00 bits per heavy atom. The lowest BCUT2D eigenvalue weighted by molar-refractivity contribution is -0.118. The standard InChI is InChI=1S/C17H22N4OS2/c1-9-2-5-11-12(6-9)24-16-14(11)15(18)20-17(21-16)23-8-13(22)19-7-10-3-4-10/h9-10H,2-8H2,1H3,(H,19,22)(H2,18,20,21). The van der Waals surface area contributed by atoms with Gasteiger partial charge in [-0.15, -0.1) is 11.3 Å². The number of amides is 1. The summed E-state index contributed by atoms with van der Waals surface area (Å²) in [6.07, 6.45) is 5.87. The van der Waals surface area contributed by atoms with Crippen LogP contribution in [0.25, 0.3) is 10.2 Å². The minimum atomic E-state index is 0.0495. The molecule has 2 aliphatic rings. The van der Waals surface area contributed by atoms with Crippen molar-refractivity contribution < 1.29 is 4.79 Å². The number of nitrogens with one attached hydrogen (secondary N) is 1. The van der Waals surface area contributed by atoms with E-state index in [1.807, 2.05) is 0 Å². The number of hydrogen-bond donors (Lipinski definition) is 2. The van der Waals surface area contributed by atoms with Gasteiger partial charge < -0.3 is 11.1 Å². The van der Waals surface area contributed by atoms with Crippen LogP contribution >= 0.6 is 23.1 Å². The van der Waals surface area contributed by atoms with Gasteiger partial charge in [0.1, 0.15) is 10.6 Å². The Hall–Kier alpha value is -1.34. The molecule has 4 rings (SSSR count). The van der Waals surface area contributed by atoms with Crippen molar-refractivity contribution in [3.63, 3.8) is 0 Å². The van der Waals surface area contributed by atoms with E-state index in [9.17, 15) is 4.79 Å². The fraction of sp³-hybridized carbons (Fsp3) is 0.588. The molecule has 3 N–H and O–H groups in total. The number of carbonyl (C=O) groups is 1. The zero-order valence-electron chi connectivity index (χ0n) is 13.8. The molecule has 0 bridgehead atoms. The summed E-state index contributed by atoms with van der Waals surface area (Å²) in [7, 11) is 0. The summed E-state index contributed by atoms with van der Waals surface area (Å²) in [6, 6.07) is 0. The number of carbonyl (C=O) groups excluding carboxylic acids is 1. The number of fused-ring (bicyclic) bond motifs is 3. The Labute approximate surface area is 149 Å². The number of aromatic nitrogens is 2. The summed E-state index contributed by atoms with van der Waals surface area (Å²) in [4.78, 5) is 23.4. The van der Waals surface area contributed by atoms with Crippen LogP contribution in [0.3, 0.4) is 0 Å². The second-order valence-electron chi connectivity index (χ2n) is 6.96. The SMILES string of the molecule is CC1CCc2c(sc3nc(SCC(=O)NCC4CC4)nc(N)c23)C1. The van der Waals surface area contributed by atoms with Gasteiger partial charge in [0.2, 0.25) is 5.91 Å². The van der Waals surface area contributed by atoms with Crippen LogP contribution in [0.1, 0.15) is 36.6 Å². The van der Waals surface area contributed by atoms with Crippen molar-refractivity contribution in [3.05, 3.63) is 10.4 Å². The molecule has 128 valence electrons. The summed E-state index contributed by atoms with van der Waals surface area (Å²) in [5.74, 6) is 2.38. The van der Waals surface area contributed by atoms with Gasteiger partial charge in [0.25, 0.3) is 0 Å².